The lowest BCUT2D eigenvalue weighted by Crippen LogP contribution is -2.12. The number of hydrogen-bond donors (Lipinski definition) is 1. The SMILES string of the molecule is CC(C)(C)CCc1ccc(S(N)(=O)=O)cc1. The van der Waals surface area contributed by atoms with E-state index in [1.807, 2.05) is 12.1 Å². The minimum atomic E-state index is -3.56. The molecule has 0 aromatic heterocycles. The molecule has 3 nitrogen and oxygen atoms in total. The van der Waals surface area contributed by atoms with Crippen LogP contribution in [0.2, 0.25) is 0 Å². The predicted molar refractivity (Wildman–Crippen MR) is 65.6 cm³/mol. The molecule has 1 aromatic rings. The van der Waals surface area contributed by atoms with Crippen molar-refractivity contribution in [2.75, 3.05) is 0 Å². The third-order valence-electron chi connectivity index (χ3n) is 2.42. The van der Waals surface area contributed by atoms with Gasteiger partial charge in [-0.15, -0.1) is 0 Å². The Balaban J connectivity index is 2.73. The van der Waals surface area contributed by atoms with Gasteiger partial charge in [0, 0.05) is 0 Å². The average molecular weight is 241 g/mol. The molecule has 0 saturated heterocycles. The number of primary sulfonamides is 1. The van der Waals surface area contributed by atoms with Crippen molar-refractivity contribution in [3.05, 3.63) is 29.8 Å². The fourth-order valence-corrected chi connectivity index (χ4v) is 1.88. The summed E-state index contributed by atoms with van der Waals surface area (Å²) in [6, 6.07) is 6.78. The Morgan fingerprint density at radius 3 is 2.00 bits per heavy atom. The molecule has 0 amide bonds. The van der Waals surface area contributed by atoms with E-state index in [0.717, 1.165) is 18.4 Å². The Kier molecular flexibility index (Phi) is 3.76. The maximum atomic E-state index is 11.0. The minimum absolute atomic E-state index is 0.173. The number of hydrogen-bond acceptors (Lipinski definition) is 2. The van der Waals surface area contributed by atoms with Gasteiger partial charge in [-0.3, -0.25) is 0 Å². The smallest absolute Gasteiger partial charge is 0.225 e. The normalized spacial score (nSPS) is 12.8. The first-order valence-electron chi connectivity index (χ1n) is 5.30. The van der Waals surface area contributed by atoms with E-state index in [0.29, 0.717) is 5.41 Å². The van der Waals surface area contributed by atoms with Gasteiger partial charge in [0.2, 0.25) is 10.0 Å². The van der Waals surface area contributed by atoms with Crippen LogP contribution in [0, 0.1) is 5.41 Å². The Labute approximate surface area is 97.7 Å². The highest BCUT2D eigenvalue weighted by Crippen LogP contribution is 2.21. The summed E-state index contributed by atoms with van der Waals surface area (Å²) in [4.78, 5) is 0.173. The van der Waals surface area contributed by atoms with Crippen LogP contribution in [0.25, 0.3) is 0 Å². The van der Waals surface area contributed by atoms with Crippen molar-refractivity contribution < 1.29 is 8.42 Å². The van der Waals surface area contributed by atoms with Crippen molar-refractivity contribution >= 4 is 10.0 Å². The van der Waals surface area contributed by atoms with Gasteiger partial charge >= 0.3 is 0 Å². The van der Waals surface area contributed by atoms with E-state index >= 15 is 0 Å². The molecular formula is C12H19NO2S. The Morgan fingerprint density at radius 2 is 1.62 bits per heavy atom. The lowest BCUT2D eigenvalue weighted by molar-refractivity contribution is 0.378. The zero-order valence-corrected chi connectivity index (χ0v) is 10.8. The molecule has 0 heterocycles. The number of sulfonamides is 1. The van der Waals surface area contributed by atoms with E-state index in [2.05, 4.69) is 20.8 Å². The number of aryl methyl sites for hydroxylation is 1. The average Bonchev–Trinajstić information content (AvgIpc) is 2.13. The summed E-state index contributed by atoms with van der Waals surface area (Å²) in [7, 11) is -3.56. The second-order valence-corrected chi connectivity index (χ2v) is 6.81. The van der Waals surface area contributed by atoms with Crippen molar-refractivity contribution in [1.82, 2.24) is 0 Å². The highest BCUT2D eigenvalue weighted by molar-refractivity contribution is 7.89. The molecule has 0 fully saturated rings. The van der Waals surface area contributed by atoms with Gasteiger partial charge in [-0.2, -0.15) is 0 Å². The van der Waals surface area contributed by atoms with Crippen molar-refractivity contribution in [3.63, 3.8) is 0 Å². The summed E-state index contributed by atoms with van der Waals surface area (Å²) in [5, 5.41) is 5.02. The molecule has 0 radical (unpaired) electrons. The quantitative estimate of drug-likeness (QED) is 0.882. The molecule has 0 aliphatic heterocycles. The maximum Gasteiger partial charge on any atom is 0.238 e. The van der Waals surface area contributed by atoms with Gasteiger partial charge in [0.25, 0.3) is 0 Å². The van der Waals surface area contributed by atoms with Gasteiger partial charge in [0.05, 0.1) is 4.90 Å². The number of benzene rings is 1. The third-order valence-corrected chi connectivity index (χ3v) is 3.34. The molecule has 90 valence electrons. The van der Waals surface area contributed by atoms with E-state index in [9.17, 15) is 8.42 Å². The summed E-state index contributed by atoms with van der Waals surface area (Å²) < 4.78 is 22.1. The van der Waals surface area contributed by atoms with Gasteiger partial charge in [-0.1, -0.05) is 32.9 Å². The van der Waals surface area contributed by atoms with Crippen LogP contribution in [0.1, 0.15) is 32.8 Å². The Hall–Kier alpha value is -0.870. The first kappa shape index (κ1) is 13.2. The second kappa shape index (κ2) is 4.55. The number of nitrogens with two attached hydrogens (primary N) is 1. The first-order valence-corrected chi connectivity index (χ1v) is 6.85. The summed E-state index contributed by atoms with van der Waals surface area (Å²) in [6.07, 6.45) is 2.02. The standard InChI is InChI=1S/C12H19NO2S/c1-12(2,3)9-8-10-4-6-11(7-5-10)16(13,14)15/h4-7H,8-9H2,1-3H3,(H2,13,14,15). The van der Waals surface area contributed by atoms with E-state index in [-0.39, 0.29) is 4.90 Å². The van der Waals surface area contributed by atoms with Crippen LogP contribution < -0.4 is 5.14 Å². The van der Waals surface area contributed by atoms with Crippen molar-refractivity contribution in [1.29, 1.82) is 0 Å². The Bertz CT molecular complexity index is 441. The predicted octanol–water partition coefficient (Wildman–Crippen LogP) is 2.31. The van der Waals surface area contributed by atoms with Crippen molar-refractivity contribution in [2.24, 2.45) is 10.6 Å². The molecule has 0 atom stereocenters. The van der Waals surface area contributed by atoms with Gasteiger partial charge < -0.3 is 0 Å². The van der Waals surface area contributed by atoms with Crippen LogP contribution in [0.15, 0.2) is 29.2 Å². The minimum Gasteiger partial charge on any atom is -0.225 e. The summed E-state index contributed by atoms with van der Waals surface area (Å²) in [6.45, 7) is 6.56. The monoisotopic (exact) mass is 241 g/mol. The van der Waals surface area contributed by atoms with Gasteiger partial charge in [0.1, 0.15) is 0 Å². The Morgan fingerprint density at radius 1 is 1.12 bits per heavy atom. The van der Waals surface area contributed by atoms with E-state index in [1.165, 1.54) is 0 Å². The molecule has 0 spiro atoms. The van der Waals surface area contributed by atoms with Gasteiger partial charge in [-0.25, -0.2) is 13.6 Å². The van der Waals surface area contributed by atoms with Crippen LogP contribution in [-0.2, 0) is 16.4 Å². The topological polar surface area (TPSA) is 60.2 Å². The zero-order valence-electron chi connectivity index (χ0n) is 10.0. The molecule has 0 bridgehead atoms. The van der Waals surface area contributed by atoms with Crippen LogP contribution in [-0.4, -0.2) is 8.42 Å². The molecule has 0 aliphatic carbocycles. The highest BCUT2D eigenvalue weighted by atomic mass is 32.2. The molecule has 1 rings (SSSR count). The van der Waals surface area contributed by atoms with E-state index in [1.54, 1.807) is 12.1 Å². The van der Waals surface area contributed by atoms with E-state index < -0.39 is 10.0 Å². The van der Waals surface area contributed by atoms with Crippen LogP contribution in [0.5, 0.6) is 0 Å². The van der Waals surface area contributed by atoms with Gasteiger partial charge in [0.15, 0.2) is 0 Å². The molecule has 0 saturated carbocycles. The fraction of sp³-hybridized carbons (Fsp3) is 0.500. The van der Waals surface area contributed by atoms with Crippen LogP contribution in [0.3, 0.4) is 0 Å². The van der Waals surface area contributed by atoms with Gasteiger partial charge in [-0.05, 0) is 36.0 Å². The molecule has 2 N–H and O–H groups in total. The molecule has 4 heteroatoms. The summed E-state index contributed by atoms with van der Waals surface area (Å²) >= 11 is 0. The lowest BCUT2D eigenvalue weighted by Gasteiger charge is -2.17. The third kappa shape index (κ3) is 4.33. The van der Waals surface area contributed by atoms with Crippen LogP contribution in [0.4, 0.5) is 0 Å². The summed E-state index contributed by atoms with van der Waals surface area (Å²) in [5.74, 6) is 0. The summed E-state index contributed by atoms with van der Waals surface area (Å²) in [5.41, 5.74) is 1.43. The fourth-order valence-electron chi connectivity index (χ4n) is 1.37. The molecular weight excluding hydrogens is 222 g/mol. The van der Waals surface area contributed by atoms with E-state index in [4.69, 9.17) is 5.14 Å². The largest absolute Gasteiger partial charge is 0.238 e. The molecule has 16 heavy (non-hydrogen) atoms. The first-order chi connectivity index (χ1) is 7.18. The van der Waals surface area contributed by atoms with Crippen LogP contribution >= 0.6 is 0 Å². The van der Waals surface area contributed by atoms with Crippen molar-refractivity contribution in [2.45, 2.75) is 38.5 Å². The van der Waals surface area contributed by atoms with Crippen molar-refractivity contribution in [3.8, 4) is 0 Å². The molecule has 0 aliphatic rings. The number of rotatable bonds is 3. The second-order valence-electron chi connectivity index (χ2n) is 5.25. The molecule has 0 unspecified atom stereocenters. The lowest BCUT2D eigenvalue weighted by atomic mass is 9.89. The molecule has 1 aromatic carbocycles. The zero-order chi connectivity index (χ0) is 12.4. The maximum absolute atomic E-state index is 11.0. The highest BCUT2D eigenvalue weighted by Gasteiger charge is 2.11.